The van der Waals surface area contributed by atoms with Crippen molar-refractivity contribution in [3.8, 4) is 5.75 Å². The number of halogens is 3. The molecule has 1 saturated heterocycles. The molecule has 1 aliphatic rings. The fraction of sp³-hybridized carbons (Fsp3) is 0.172. The van der Waals surface area contributed by atoms with Crippen molar-refractivity contribution >= 4 is 84.8 Å². The van der Waals surface area contributed by atoms with Gasteiger partial charge in [-0.3, -0.25) is 14.5 Å². The predicted octanol–water partition coefficient (Wildman–Crippen LogP) is 8.31. The zero-order valence-electron chi connectivity index (χ0n) is 21.5. The summed E-state index contributed by atoms with van der Waals surface area (Å²) in [6.07, 6.45) is 0.858. The van der Waals surface area contributed by atoms with E-state index >= 15 is 0 Å². The van der Waals surface area contributed by atoms with E-state index in [1.165, 1.54) is 28.0 Å². The summed E-state index contributed by atoms with van der Waals surface area (Å²) in [5, 5.41) is 21.1. The molecule has 0 saturated carbocycles. The van der Waals surface area contributed by atoms with E-state index in [1.54, 1.807) is 60.7 Å². The molecule has 2 heterocycles. The summed E-state index contributed by atoms with van der Waals surface area (Å²) in [6.45, 7) is 2.58. The fourth-order valence-electron chi connectivity index (χ4n) is 4.21. The van der Waals surface area contributed by atoms with Crippen LogP contribution in [0.5, 0.6) is 5.75 Å². The number of aromatic nitrogens is 2. The number of anilines is 1. The molecular weight excluding hydrogens is 669 g/mol. The molecule has 3 aromatic carbocycles. The van der Waals surface area contributed by atoms with Crippen LogP contribution in [0.1, 0.15) is 36.1 Å². The zero-order chi connectivity index (χ0) is 29.1. The molecule has 0 spiro atoms. The van der Waals surface area contributed by atoms with Gasteiger partial charge >= 0.3 is 5.91 Å². The normalized spacial score (nSPS) is 16.4. The molecule has 4 aromatic rings. The van der Waals surface area contributed by atoms with Gasteiger partial charge in [0.1, 0.15) is 11.5 Å². The van der Waals surface area contributed by atoms with Crippen LogP contribution in [0.2, 0.25) is 10.0 Å². The molecule has 1 aliphatic heterocycles. The molecule has 5 rings (SSSR count). The molecular formula is C29H22BrCl2N3O4S2. The van der Waals surface area contributed by atoms with E-state index in [4.69, 9.17) is 27.9 Å². The summed E-state index contributed by atoms with van der Waals surface area (Å²) >= 11 is 18.3. The van der Waals surface area contributed by atoms with Gasteiger partial charge in [-0.25, -0.2) is 0 Å². The van der Waals surface area contributed by atoms with Gasteiger partial charge in [0.2, 0.25) is 5.13 Å². The average molecular weight is 691 g/mol. The summed E-state index contributed by atoms with van der Waals surface area (Å²) in [5.41, 5.74) is 1.87. The van der Waals surface area contributed by atoms with Gasteiger partial charge in [-0.05, 0) is 53.9 Å². The van der Waals surface area contributed by atoms with Crippen molar-refractivity contribution in [3.63, 3.8) is 0 Å². The van der Waals surface area contributed by atoms with Crippen LogP contribution >= 0.6 is 62.2 Å². The Morgan fingerprint density at radius 1 is 1.07 bits per heavy atom. The Balaban J connectivity index is 1.51. The molecule has 1 amide bonds. The lowest BCUT2D eigenvalue weighted by Gasteiger charge is -2.22. The Bertz CT molecular complexity index is 1630. The van der Waals surface area contributed by atoms with Crippen molar-refractivity contribution in [3.05, 3.63) is 104 Å². The van der Waals surface area contributed by atoms with E-state index in [1.807, 2.05) is 13.0 Å². The largest absolute Gasteiger partial charge is 0.507 e. The quantitative estimate of drug-likeness (QED) is 0.0621. The molecule has 0 radical (unpaired) electrons. The van der Waals surface area contributed by atoms with E-state index in [0.29, 0.717) is 43.6 Å². The Morgan fingerprint density at radius 2 is 1.80 bits per heavy atom. The SMILES string of the molecule is CCCOc1ccc(C2/C(=C(/O)c3ccc(Br)cc3)C(=O)C(=O)N2c2nnc(SCc3ccc(Cl)cc3Cl)s2)cc1. The van der Waals surface area contributed by atoms with Gasteiger partial charge in [-0.1, -0.05) is 99.5 Å². The number of hydrogen-bond acceptors (Lipinski definition) is 8. The maximum atomic E-state index is 13.5. The van der Waals surface area contributed by atoms with Crippen LogP contribution in [0.15, 0.2) is 81.1 Å². The number of amides is 1. The number of nitrogens with zero attached hydrogens (tertiary/aromatic N) is 3. The number of ether oxygens (including phenoxy) is 1. The average Bonchev–Trinajstić information content (AvgIpc) is 3.53. The van der Waals surface area contributed by atoms with Gasteiger partial charge in [-0.15, -0.1) is 10.2 Å². The molecule has 0 aliphatic carbocycles. The smallest absolute Gasteiger partial charge is 0.301 e. The minimum atomic E-state index is -0.921. The van der Waals surface area contributed by atoms with E-state index in [2.05, 4.69) is 26.1 Å². The lowest BCUT2D eigenvalue weighted by atomic mass is 9.95. The molecule has 210 valence electrons. The van der Waals surface area contributed by atoms with Crippen LogP contribution in [-0.2, 0) is 15.3 Å². The number of thioether (sulfide) groups is 1. The number of carbonyl (C=O) groups is 2. The first-order chi connectivity index (χ1) is 19.8. The second-order valence-electron chi connectivity index (χ2n) is 8.97. The molecule has 12 heteroatoms. The van der Waals surface area contributed by atoms with Crippen LogP contribution in [0, 0.1) is 0 Å². The highest BCUT2D eigenvalue weighted by molar-refractivity contribution is 9.10. The van der Waals surface area contributed by atoms with Crippen LogP contribution in [0.25, 0.3) is 5.76 Å². The summed E-state index contributed by atoms with van der Waals surface area (Å²) in [7, 11) is 0. The number of carbonyl (C=O) groups excluding carboxylic acids is 2. The summed E-state index contributed by atoms with van der Waals surface area (Å²) < 4.78 is 7.11. The van der Waals surface area contributed by atoms with Crippen LogP contribution < -0.4 is 9.64 Å². The fourth-order valence-corrected chi connectivity index (χ4v) is 6.90. The highest BCUT2D eigenvalue weighted by atomic mass is 79.9. The van der Waals surface area contributed by atoms with E-state index in [9.17, 15) is 14.7 Å². The standard InChI is InChI=1S/C29H22BrCl2N3O4S2/c1-2-13-39-21-11-6-16(7-12-21)24-23(25(36)17-3-8-19(30)9-4-17)26(37)27(38)35(24)28-33-34-29(41-28)40-15-18-5-10-20(31)14-22(18)32/h3-12,14,24,36H,2,13,15H2,1H3/b25-23-. The maximum absolute atomic E-state index is 13.5. The molecule has 0 bridgehead atoms. The van der Waals surface area contributed by atoms with E-state index in [0.717, 1.165) is 16.5 Å². The Labute approximate surface area is 263 Å². The van der Waals surface area contributed by atoms with Gasteiger partial charge in [-0.2, -0.15) is 0 Å². The highest BCUT2D eigenvalue weighted by Crippen LogP contribution is 2.44. The summed E-state index contributed by atoms with van der Waals surface area (Å²) in [6, 6.07) is 18.3. The van der Waals surface area contributed by atoms with Crippen molar-refractivity contribution in [1.29, 1.82) is 0 Å². The zero-order valence-corrected chi connectivity index (χ0v) is 26.2. The number of Topliss-reactive ketones (excluding diaryl/α,β-unsaturated/α-hetero) is 1. The van der Waals surface area contributed by atoms with Gasteiger partial charge in [0.25, 0.3) is 5.78 Å². The predicted molar refractivity (Wildman–Crippen MR) is 167 cm³/mol. The third-order valence-corrected chi connectivity index (χ3v) is 9.42. The Kier molecular flexibility index (Phi) is 9.35. The Hall–Kier alpha value is -2.89. The number of hydrogen-bond donors (Lipinski definition) is 1. The highest BCUT2D eigenvalue weighted by Gasteiger charge is 2.48. The first kappa shape index (κ1) is 29.6. The van der Waals surface area contributed by atoms with E-state index in [-0.39, 0.29) is 16.5 Å². The van der Waals surface area contributed by atoms with Crippen molar-refractivity contribution in [2.24, 2.45) is 0 Å². The maximum Gasteiger partial charge on any atom is 0.301 e. The molecule has 1 atom stereocenters. The first-order valence-corrected chi connectivity index (χ1v) is 15.8. The number of benzene rings is 3. The van der Waals surface area contributed by atoms with Gasteiger partial charge < -0.3 is 9.84 Å². The van der Waals surface area contributed by atoms with Gasteiger partial charge in [0.15, 0.2) is 4.34 Å². The first-order valence-electron chi connectivity index (χ1n) is 12.5. The van der Waals surface area contributed by atoms with Crippen molar-refractivity contribution < 1.29 is 19.4 Å². The topological polar surface area (TPSA) is 92.6 Å². The number of rotatable bonds is 9. The minimum absolute atomic E-state index is 0.0306. The number of aliphatic hydroxyl groups excluding tert-OH is 1. The molecule has 7 nitrogen and oxygen atoms in total. The molecule has 41 heavy (non-hydrogen) atoms. The van der Waals surface area contributed by atoms with E-state index < -0.39 is 17.7 Å². The van der Waals surface area contributed by atoms with Crippen molar-refractivity contribution in [2.75, 3.05) is 11.5 Å². The third-order valence-electron chi connectivity index (χ3n) is 6.20. The van der Waals surface area contributed by atoms with Crippen LogP contribution in [0.3, 0.4) is 0 Å². The van der Waals surface area contributed by atoms with Crippen LogP contribution in [-0.4, -0.2) is 33.6 Å². The Morgan fingerprint density at radius 3 is 2.49 bits per heavy atom. The summed E-state index contributed by atoms with van der Waals surface area (Å²) in [4.78, 5) is 28.2. The second kappa shape index (κ2) is 13.0. The van der Waals surface area contributed by atoms with Gasteiger partial charge in [0.05, 0.1) is 18.2 Å². The van der Waals surface area contributed by atoms with Gasteiger partial charge in [0, 0.05) is 25.8 Å². The molecule has 1 aromatic heterocycles. The molecule has 1 unspecified atom stereocenters. The monoisotopic (exact) mass is 689 g/mol. The minimum Gasteiger partial charge on any atom is -0.507 e. The third kappa shape index (κ3) is 6.47. The lowest BCUT2D eigenvalue weighted by Crippen LogP contribution is -2.29. The summed E-state index contributed by atoms with van der Waals surface area (Å²) in [5.74, 6) is -0.704. The molecule has 1 fully saturated rings. The van der Waals surface area contributed by atoms with Crippen molar-refractivity contribution in [2.45, 2.75) is 29.5 Å². The second-order valence-corrected chi connectivity index (χ2v) is 12.9. The number of aliphatic hydroxyl groups is 1. The van der Waals surface area contributed by atoms with Crippen molar-refractivity contribution in [1.82, 2.24) is 10.2 Å². The lowest BCUT2D eigenvalue weighted by molar-refractivity contribution is -0.132. The molecule has 1 N–H and O–H groups in total. The van der Waals surface area contributed by atoms with Crippen LogP contribution in [0.4, 0.5) is 5.13 Å². The number of ketones is 1.